The summed E-state index contributed by atoms with van der Waals surface area (Å²) in [5, 5.41) is 28.6. The molecule has 0 radical (unpaired) electrons. The van der Waals surface area contributed by atoms with Crippen molar-refractivity contribution in [3.05, 3.63) is 70.8 Å². The molecule has 1 aromatic carbocycles. The van der Waals surface area contributed by atoms with Crippen LogP contribution in [0.4, 0.5) is 5.69 Å². The summed E-state index contributed by atoms with van der Waals surface area (Å²) in [7, 11) is 0. The summed E-state index contributed by atoms with van der Waals surface area (Å²) in [6.07, 6.45) is 11.5. The Balaban J connectivity index is 0.000000356. The van der Waals surface area contributed by atoms with E-state index in [9.17, 15) is 9.59 Å². The van der Waals surface area contributed by atoms with E-state index in [0.29, 0.717) is 12.0 Å². The number of ether oxygens (including phenoxy) is 2. The number of aromatic carboxylic acids is 1. The first kappa shape index (κ1) is 32.6. The van der Waals surface area contributed by atoms with Gasteiger partial charge in [-0.3, -0.25) is 9.69 Å². The quantitative estimate of drug-likeness (QED) is 0.295. The average Bonchev–Trinajstić information content (AvgIpc) is 3.77. The second-order valence-corrected chi connectivity index (χ2v) is 12.0. The molecule has 0 spiro atoms. The number of carbonyl (C=O) groups excluding carboxylic acids is 1. The second kappa shape index (κ2) is 14.5. The van der Waals surface area contributed by atoms with Crippen molar-refractivity contribution in [1.29, 1.82) is 10.5 Å². The number of amides is 1. The molecule has 1 amide bonds. The minimum atomic E-state index is -1.17. The molecule has 13 heteroatoms. The number of anilines is 1. The topological polar surface area (TPSA) is 193 Å². The van der Waals surface area contributed by atoms with Gasteiger partial charge in [0.15, 0.2) is 11.6 Å². The third kappa shape index (κ3) is 8.06. The molecule has 240 valence electrons. The monoisotopic (exact) mass is 626 g/mol. The number of carboxylic acid groups (broad SMARTS) is 1. The largest absolute Gasteiger partial charge is 0.475 e. The predicted octanol–water partition coefficient (Wildman–Crippen LogP) is 4.80. The van der Waals surface area contributed by atoms with Crippen LogP contribution in [0.3, 0.4) is 0 Å². The number of carboxylic acids is 1. The van der Waals surface area contributed by atoms with E-state index in [4.69, 9.17) is 25.1 Å². The van der Waals surface area contributed by atoms with Gasteiger partial charge in [-0.25, -0.2) is 14.8 Å². The third-order valence-electron chi connectivity index (χ3n) is 8.50. The number of nitriles is 2. The van der Waals surface area contributed by atoms with E-state index in [1.807, 2.05) is 26.0 Å². The van der Waals surface area contributed by atoms with Gasteiger partial charge in [0.2, 0.25) is 5.82 Å². The number of hydrogen-bond donors (Lipinski definition) is 4. The second-order valence-electron chi connectivity index (χ2n) is 12.0. The molecule has 3 aromatic rings. The molecule has 2 saturated heterocycles. The van der Waals surface area contributed by atoms with E-state index in [1.165, 1.54) is 30.0 Å². The molecule has 0 atom stereocenters. The summed E-state index contributed by atoms with van der Waals surface area (Å²) >= 11 is 0. The molecule has 0 bridgehead atoms. The fourth-order valence-corrected chi connectivity index (χ4v) is 5.93. The number of rotatable bonds is 6. The highest BCUT2D eigenvalue weighted by Crippen LogP contribution is 2.37. The minimum absolute atomic E-state index is 0.144. The van der Waals surface area contributed by atoms with Crippen LogP contribution in [-0.2, 0) is 9.47 Å². The number of likely N-dealkylation sites (tertiary alicyclic amines) is 1. The lowest BCUT2D eigenvalue weighted by Gasteiger charge is -2.43. The summed E-state index contributed by atoms with van der Waals surface area (Å²) < 4.78 is 11.8. The van der Waals surface area contributed by atoms with Crippen LogP contribution in [0.5, 0.6) is 0 Å². The molecule has 2 fully saturated rings. The standard InChI is InChI=1S/C28H35N5O3.C5H3N3O2/c1-28(2)35-17-23(18-36-28)33-12-10-19(11-13-33)21-8-9-25(24(14-21)20-6-4-3-5-7-20)32-27(34)26-30-16-22(15-29)31-26;6-1-3-2-7-4(8-3)5(9)10/h6,8-9,14,16,19,23H,3-5,7,10-13,17-18H2,1-2H3,(H,30,31)(H,32,34);2H,(H,7,8)(H,9,10). The normalized spacial score (nSPS) is 18.7. The average molecular weight is 627 g/mol. The van der Waals surface area contributed by atoms with Gasteiger partial charge in [-0.15, -0.1) is 0 Å². The van der Waals surface area contributed by atoms with E-state index in [-0.39, 0.29) is 28.9 Å². The SMILES string of the molecule is CC1(C)OCC(N2CCC(c3ccc(NC(=O)c4ncc(C#N)[nH]4)c(C4=CCCCC4)c3)CC2)CO1.N#Cc1cnc(C(=O)O)[nH]1. The van der Waals surface area contributed by atoms with Crippen molar-refractivity contribution in [2.45, 2.75) is 70.1 Å². The van der Waals surface area contributed by atoms with E-state index in [1.54, 1.807) is 6.07 Å². The van der Waals surface area contributed by atoms with Gasteiger partial charge in [0.25, 0.3) is 5.91 Å². The third-order valence-corrected chi connectivity index (χ3v) is 8.50. The number of nitrogens with one attached hydrogen (secondary N) is 3. The maximum atomic E-state index is 12.8. The fraction of sp³-hybridized carbons (Fsp3) is 0.455. The Kier molecular flexibility index (Phi) is 10.3. The Morgan fingerprint density at radius 3 is 2.24 bits per heavy atom. The van der Waals surface area contributed by atoms with Crippen molar-refractivity contribution in [2.24, 2.45) is 0 Å². The zero-order valence-electron chi connectivity index (χ0n) is 26.0. The highest BCUT2D eigenvalue weighted by molar-refractivity contribution is 6.03. The van der Waals surface area contributed by atoms with E-state index < -0.39 is 11.8 Å². The maximum Gasteiger partial charge on any atom is 0.371 e. The van der Waals surface area contributed by atoms with Gasteiger partial charge in [0.05, 0.1) is 31.6 Å². The van der Waals surface area contributed by atoms with E-state index in [2.05, 4.69) is 48.4 Å². The van der Waals surface area contributed by atoms with E-state index >= 15 is 0 Å². The first-order valence-electron chi connectivity index (χ1n) is 15.5. The lowest BCUT2D eigenvalue weighted by molar-refractivity contribution is -0.264. The summed E-state index contributed by atoms with van der Waals surface area (Å²) in [5.41, 5.74) is 4.95. The van der Waals surface area contributed by atoms with Crippen molar-refractivity contribution in [3.8, 4) is 12.1 Å². The van der Waals surface area contributed by atoms with Crippen LogP contribution in [0.1, 0.15) is 102 Å². The number of carbonyl (C=O) groups is 2. The van der Waals surface area contributed by atoms with Gasteiger partial charge in [-0.1, -0.05) is 12.1 Å². The first-order valence-corrected chi connectivity index (χ1v) is 15.5. The zero-order valence-corrected chi connectivity index (χ0v) is 26.0. The van der Waals surface area contributed by atoms with Crippen LogP contribution in [-0.4, -0.2) is 80.0 Å². The van der Waals surface area contributed by atoms with Gasteiger partial charge in [-0.05, 0) is 94.6 Å². The van der Waals surface area contributed by atoms with Crippen LogP contribution in [0.15, 0.2) is 36.7 Å². The number of H-pyrrole nitrogens is 2. The molecule has 2 aromatic heterocycles. The van der Waals surface area contributed by atoms with Gasteiger partial charge < -0.3 is 29.9 Å². The summed E-state index contributed by atoms with van der Waals surface area (Å²) in [4.78, 5) is 38.0. The molecule has 2 aliphatic heterocycles. The number of aromatic nitrogens is 4. The minimum Gasteiger partial charge on any atom is -0.475 e. The molecule has 3 aliphatic rings. The Hall–Kier alpha value is -4.82. The summed E-state index contributed by atoms with van der Waals surface area (Å²) in [5.74, 6) is -1.57. The molecule has 1 aliphatic carbocycles. The number of piperidine rings is 1. The van der Waals surface area contributed by atoms with Crippen LogP contribution >= 0.6 is 0 Å². The van der Waals surface area contributed by atoms with Crippen molar-refractivity contribution in [3.63, 3.8) is 0 Å². The molecule has 0 saturated carbocycles. The number of allylic oxidation sites excluding steroid dienone is 2. The van der Waals surface area contributed by atoms with Crippen LogP contribution in [0, 0.1) is 22.7 Å². The van der Waals surface area contributed by atoms with Gasteiger partial charge in [0.1, 0.15) is 23.5 Å². The molecule has 46 heavy (non-hydrogen) atoms. The van der Waals surface area contributed by atoms with Crippen molar-refractivity contribution < 1.29 is 24.2 Å². The lowest BCUT2D eigenvalue weighted by atomic mass is 9.85. The predicted molar refractivity (Wildman–Crippen MR) is 168 cm³/mol. The number of nitrogens with zero attached hydrogens (tertiary/aromatic N) is 5. The highest BCUT2D eigenvalue weighted by atomic mass is 16.7. The smallest absolute Gasteiger partial charge is 0.371 e. The van der Waals surface area contributed by atoms with Crippen LogP contribution < -0.4 is 5.32 Å². The van der Waals surface area contributed by atoms with Gasteiger partial charge in [-0.2, -0.15) is 10.5 Å². The first-order chi connectivity index (χ1) is 22.2. The number of imidazole rings is 2. The molecule has 4 heterocycles. The Morgan fingerprint density at radius 1 is 1.02 bits per heavy atom. The summed E-state index contributed by atoms with van der Waals surface area (Å²) in [6, 6.07) is 10.5. The fourth-order valence-electron chi connectivity index (χ4n) is 5.93. The summed E-state index contributed by atoms with van der Waals surface area (Å²) in [6.45, 7) is 7.43. The molecule has 0 unspecified atom stereocenters. The lowest BCUT2D eigenvalue weighted by Crippen LogP contribution is -2.52. The van der Waals surface area contributed by atoms with E-state index in [0.717, 1.165) is 69.7 Å². The van der Waals surface area contributed by atoms with Crippen LogP contribution in [0.25, 0.3) is 5.57 Å². The molecule has 13 nitrogen and oxygen atoms in total. The highest BCUT2D eigenvalue weighted by Gasteiger charge is 2.33. The van der Waals surface area contributed by atoms with Crippen molar-refractivity contribution >= 4 is 23.1 Å². The van der Waals surface area contributed by atoms with Crippen molar-refractivity contribution in [2.75, 3.05) is 31.6 Å². The van der Waals surface area contributed by atoms with Gasteiger partial charge >= 0.3 is 5.97 Å². The molecular weight excluding hydrogens is 588 g/mol. The molecule has 6 rings (SSSR count). The molecular formula is C33H38N8O5. The number of benzene rings is 1. The zero-order chi connectivity index (χ0) is 32.7. The van der Waals surface area contributed by atoms with Gasteiger partial charge in [0, 0.05) is 11.3 Å². The maximum absolute atomic E-state index is 12.8. The Labute approximate surface area is 267 Å². The van der Waals surface area contributed by atoms with Crippen LogP contribution in [0.2, 0.25) is 0 Å². The molecule has 4 N–H and O–H groups in total. The number of aromatic amines is 2. The Morgan fingerprint density at radius 2 is 1.67 bits per heavy atom. The number of hydrogen-bond acceptors (Lipinski definition) is 9. The Bertz CT molecular complexity index is 1660. The van der Waals surface area contributed by atoms with Crippen molar-refractivity contribution in [1.82, 2.24) is 24.8 Å².